The molecule has 4 aromatic rings. The zero-order chi connectivity index (χ0) is 22.2. The number of hydrogen-bond acceptors (Lipinski definition) is 4. The van der Waals surface area contributed by atoms with Crippen LogP contribution >= 0.6 is 11.6 Å². The minimum absolute atomic E-state index is 0.0158. The molecule has 1 heterocycles. The summed E-state index contributed by atoms with van der Waals surface area (Å²) in [5.74, 6) is -1.84. The molecule has 0 radical (unpaired) electrons. The Balaban J connectivity index is 1.75. The Morgan fingerprint density at radius 3 is 2.45 bits per heavy atom. The van der Waals surface area contributed by atoms with E-state index in [1.165, 1.54) is 10.7 Å². The van der Waals surface area contributed by atoms with Crippen LogP contribution in [0.5, 0.6) is 11.5 Å². The maximum Gasteiger partial charge on any atom is 0.416 e. The van der Waals surface area contributed by atoms with Crippen molar-refractivity contribution in [2.24, 2.45) is 0 Å². The van der Waals surface area contributed by atoms with Crippen LogP contribution in [0.1, 0.15) is 17.2 Å². The number of rotatable bonds is 5. The fraction of sp³-hybridized carbons (Fsp3) is 0.0952. The van der Waals surface area contributed by atoms with Crippen LogP contribution in [0.25, 0.3) is 11.0 Å². The Bertz CT molecular complexity index is 1240. The first-order chi connectivity index (χ1) is 14.8. The summed E-state index contributed by atoms with van der Waals surface area (Å²) in [6, 6.07) is 13.6. The van der Waals surface area contributed by atoms with Crippen molar-refractivity contribution in [3.63, 3.8) is 0 Å². The third-order valence-electron chi connectivity index (χ3n) is 4.54. The van der Waals surface area contributed by atoms with Crippen LogP contribution in [-0.2, 0) is 11.0 Å². The summed E-state index contributed by atoms with van der Waals surface area (Å²) in [6.07, 6.45) is -4.06. The van der Waals surface area contributed by atoms with Crippen molar-refractivity contribution in [2.75, 3.05) is 0 Å². The second-order valence-corrected chi connectivity index (χ2v) is 6.93. The van der Waals surface area contributed by atoms with Gasteiger partial charge < -0.3 is 9.53 Å². The van der Waals surface area contributed by atoms with E-state index in [9.17, 15) is 22.4 Å². The molecule has 0 spiro atoms. The summed E-state index contributed by atoms with van der Waals surface area (Å²) >= 11 is 5.85. The summed E-state index contributed by atoms with van der Waals surface area (Å²) in [5.41, 5.74) is 0.0261. The van der Waals surface area contributed by atoms with E-state index < -0.39 is 34.4 Å². The number of aromatic nitrogens is 3. The van der Waals surface area contributed by atoms with E-state index >= 15 is 0 Å². The normalized spacial score (nSPS) is 12.7. The Morgan fingerprint density at radius 1 is 1.06 bits per heavy atom. The van der Waals surface area contributed by atoms with E-state index in [1.54, 1.807) is 42.5 Å². The molecular formula is C21H12ClF4N3O2. The number of halogens is 5. The van der Waals surface area contributed by atoms with Crippen LogP contribution in [-0.4, -0.2) is 21.3 Å². The molecule has 1 atom stereocenters. The second kappa shape index (κ2) is 7.99. The first-order valence-corrected chi connectivity index (χ1v) is 9.25. The van der Waals surface area contributed by atoms with Crippen molar-refractivity contribution in [3.8, 4) is 11.5 Å². The van der Waals surface area contributed by atoms with Gasteiger partial charge in [-0.2, -0.15) is 13.2 Å². The minimum atomic E-state index is -4.76. The van der Waals surface area contributed by atoms with Crippen LogP contribution in [0.4, 0.5) is 17.6 Å². The van der Waals surface area contributed by atoms with Gasteiger partial charge >= 0.3 is 6.18 Å². The molecule has 0 fully saturated rings. The zero-order valence-electron chi connectivity index (χ0n) is 15.5. The zero-order valence-corrected chi connectivity index (χ0v) is 16.2. The fourth-order valence-electron chi connectivity index (χ4n) is 3.08. The predicted octanol–water partition coefficient (Wildman–Crippen LogP) is 5.82. The molecule has 3 aromatic carbocycles. The molecule has 4 rings (SSSR count). The number of benzene rings is 3. The highest BCUT2D eigenvalue weighted by molar-refractivity contribution is 6.32. The maximum atomic E-state index is 14.3. The summed E-state index contributed by atoms with van der Waals surface area (Å²) < 4.78 is 59.7. The van der Waals surface area contributed by atoms with Crippen LogP contribution in [0, 0.1) is 5.82 Å². The largest absolute Gasteiger partial charge is 0.450 e. The number of hydrogen-bond donors (Lipinski definition) is 0. The average Bonchev–Trinajstić information content (AvgIpc) is 3.16. The van der Waals surface area contributed by atoms with Crippen molar-refractivity contribution in [1.29, 1.82) is 0 Å². The van der Waals surface area contributed by atoms with Crippen LogP contribution in [0.2, 0.25) is 5.02 Å². The molecule has 0 saturated heterocycles. The van der Waals surface area contributed by atoms with E-state index in [4.69, 9.17) is 16.3 Å². The molecule has 1 unspecified atom stereocenters. The molecular weight excluding hydrogens is 438 g/mol. The predicted molar refractivity (Wildman–Crippen MR) is 105 cm³/mol. The number of ether oxygens (including phenoxy) is 1. The molecule has 0 aliphatic carbocycles. The average molecular weight is 450 g/mol. The van der Waals surface area contributed by atoms with Gasteiger partial charge in [-0.05, 0) is 29.8 Å². The highest BCUT2D eigenvalue weighted by Crippen LogP contribution is 2.40. The minimum Gasteiger partial charge on any atom is -0.450 e. The summed E-state index contributed by atoms with van der Waals surface area (Å²) in [7, 11) is 0. The number of carbonyl (C=O) groups is 1. The number of nitrogens with zero attached hydrogens (tertiary/aromatic N) is 3. The quantitative estimate of drug-likeness (QED) is 0.284. The lowest BCUT2D eigenvalue weighted by Gasteiger charge is -2.13. The first kappa shape index (κ1) is 20.8. The van der Waals surface area contributed by atoms with Gasteiger partial charge in [-0.25, -0.2) is 9.07 Å². The van der Waals surface area contributed by atoms with E-state index in [-0.39, 0.29) is 11.3 Å². The third-order valence-corrected chi connectivity index (χ3v) is 4.82. The standard InChI is InChI=1S/C21H12ClF4N3O2/c22-14-9-13(21(24,25)26)10-15(23)20(14)31-18-8-4-7-16-19(18)27-28-29(16)17(11-30)12-5-2-1-3-6-12/h1-11,17H. The molecule has 31 heavy (non-hydrogen) atoms. The monoisotopic (exact) mass is 449 g/mol. The Hall–Kier alpha value is -3.46. The molecule has 0 saturated carbocycles. The second-order valence-electron chi connectivity index (χ2n) is 6.52. The lowest BCUT2D eigenvalue weighted by molar-refractivity contribution is -0.137. The number of carbonyl (C=O) groups excluding carboxylic acids is 1. The van der Waals surface area contributed by atoms with Crippen molar-refractivity contribution < 1.29 is 27.1 Å². The summed E-state index contributed by atoms with van der Waals surface area (Å²) in [5, 5.41) is 7.48. The smallest absolute Gasteiger partial charge is 0.416 e. The first-order valence-electron chi connectivity index (χ1n) is 8.88. The SMILES string of the molecule is O=CC(c1ccccc1)n1nnc2c(Oc3c(F)cc(C(F)(F)F)cc3Cl)cccc21. The third kappa shape index (κ3) is 3.96. The van der Waals surface area contributed by atoms with Crippen molar-refractivity contribution >= 4 is 28.9 Å². The molecule has 0 aliphatic heterocycles. The van der Waals surface area contributed by atoms with Gasteiger partial charge in [-0.1, -0.05) is 53.2 Å². The van der Waals surface area contributed by atoms with Gasteiger partial charge in [0, 0.05) is 0 Å². The van der Waals surface area contributed by atoms with E-state index in [0.717, 1.165) is 0 Å². The van der Waals surface area contributed by atoms with Gasteiger partial charge in [-0.3, -0.25) is 0 Å². The van der Waals surface area contributed by atoms with E-state index in [0.29, 0.717) is 29.5 Å². The molecule has 0 amide bonds. The van der Waals surface area contributed by atoms with Crippen molar-refractivity contribution in [1.82, 2.24) is 15.0 Å². The van der Waals surface area contributed by atoms with Gasteiger partial charge in [0.25, 0.3) is 0 Å². The molecule has 158 valence electrons. The van der Waals surface area contributed by atoms with Gasteiger partial charge in [0.05, 0.1) is 16.1 Å². The van der Waals surface area contributed by atoms with Crippen LogP contribution in [0.15, 0.2) is 60.7 Å². The highest BCUT2D eigenvalue weighted by Gasteiger charge is 2.33. The Kier molecular flexibility index (Phi) is 5.36. The van der Waals surface area contributed by atoms with E-state index in [1.807, 2.05) is 0 Å². The van der Waals surface area contributed by atoms with Gasteiger partial charge in [0.1, 0.15) is 12.3 Å². The van der Waals surface area contributed by atoms with Crippen molar-refractivity contribution in [3.05, 3.63) is 82.6 Å². The number of aldehydes is 1. The molecule has 0 bridgehead atoms. The maximum absolute atomic E-state index is 14.3. The Labute approximate surface area is 177 Å². The van der Waals surface area contributed by atoms with Crippen LogP contribution in [0.3, 0.4) is 0 Å². The lowest BCUT2D eigenvalue weighted by atomic mass is 10.1. The highest BCUT2D eigenvalue weighted by atomic mass is 35.5. The fourth-order valence-corrected chi connectivity index (χ4v) is 3.33. The topological polar surface area (TPSA) is 57.0 Å². The molecule has 10 heteroatoms. The number of fused-ring (bicyclic) bond motifs is 1. The molecule has 1 aromatic heterocycles. The Morgan fingerprint density at radius 2 is 1.81 bits per heavy atom. The lowest BCUT2D eigenvalue weighted by Crippen LogP contribution is -2.13. The summed E-state index contributed by atoms with van der Waals surface area (Å²) in [4.78, 5) is 11.7. The molecule has 5 nitrogen and oxygen atoms in total. The molecule has 0 N–H and O–H groups in total. The van der Waals surface area contributed by atoms with Gasteiger partial charge in [-0.15, -0.1) is 5.10 Å². The van der Waals surface area contributed by atoms with Gasteiger partial charge in [0.2, 0.25) is 0 Å². The molecule has 0 aliphatic rings. The van der Waals surface area contributed by atoms with Crippen LogP contribution < -0.4 is 4.74 Å². The van der Waals surface area contributed by atoms with Crippen molar-refractivity contribution in [2.45, 2.75) is 12.2 Å². The van der Waals surface area contributed by atoms with Gasteiger partial charge in [0.15, 0.2) is 22.8 Å². The number of alkyl halides is 3. The van der Waals surface area contributed by atoms with E-state index in [2.05, 4.69) is 10.3 Å². The summed E-state index contributed by atoms with van der Waals surface area (Å²) in [6.45, 7) is 0.